The van der Waals surface area contributed by atoms with Gasteiger partial charge in [0.1, 0.15) is 17.2 Å². The molecule has 0 amide bonds. The lowest BCUT2D eigenvalue weighted by Gasteiger charge is -2.17. The average Bonchev–Trinajstić information content (AvgIpc) is 3.61. The summed E-state index contributed by atoms with van der Waals surface area (Å²) in [5, 5.41) is 7.03. The Kier molecular flexibility index (Phi) is 7.36. The Morgan fingerprint density at radius 3 is 2.18 bits per heavy atom. The summed E-state index contributed by atoms with van der Waals surface area (Å²) in [6.07, 6.45) is 7.68. The van der Waals surface area contributed by atoms with Gasteiger partial charge in [-0.25, -0.2) is 0 Å². The van der Waals surface area contributed by atoms with E-state index in [4.69, 9.17) is 14.2 Å². The van der Waals surface area contributed by atoms with Crippen LogP contribution in [0.1, 0.15) is 67.8 Å². The van der Waals surface area contributed by atoms with Crippen molar-refractivity contribution < 1.29 is 19.0 Å². The molecular weight excluding hydrogens is 428 g/mol. The summed E-state index contributed by atoms with van der Waals surface area (Å²) in [5.74, 6) is 2.16. The van der Waals surface area contributed by atoms with Crippen molar-refractivity contribution in [3.63, 3.8) is 0 Å². The number of hydrogen-bond donors (Lipinski definition) is 2. The number of ether oxygens (including phenoxy) is 3. The SMILES string of the molecule is CCCOc1cc(OCCC2CCCN2)cc2c1-c1c(OCCC3CCCN3)cccc1C2=O. The predicted molar refractivity (Wildman–Crippen MR) is 133 cm³/mol. The third kappa shape index (κ3) is 4.93. The molecule has 6 nitrogen and oxygen atoms in total. The maximum Gasteiger partial charge on any atom is 0.194 e. The minimum Gasteiger partial charge on any atom is -0.493 e. The van der Waals surface area contributed by atoms with E-state index in [0.29, 0.717) is 54.5 Å². The molecule has 2 aromatic carbocycles. The molecule has 5 rings (SSSR count). The van der Waals surface area contributed by atoms with Gasteiger partial charge in [-0.05, 0) is 70.2 Å². The lowest BCUT2D eigenvalue weighted by Crippen LogP contribution is -2.23. The molecule has 2 saturated heterocycles. The van der Waals surface area contributed by atoms with Crippen LogP contribution in [0.3, 0.4) is 0 Å². The van der Waals surface area contributed by atoms with E-state index in [1.54, 1.807) is 0 Å². The van der Waals surface area contributed by atoms with Crippen LogP contribution in [0.5, 0.6) is 17.2 Å². The third-order valence-corrected chi connectivity index (χ3v) is 7.09. The summed E-state index contributed by atoms with van der Waals surface area (Å²) < 4.78 is 18.5. The zero-order valence-electron chi connectivity index (χ0n) is 20.2. The number of fused-ring (bicyclic) bond motifs is 3. The van der Waals surface area contributed by atoms with Gasteiger partial charge in [-0.3, -0.25) is 4.79 Å². The summed E-state index contributed by atoms with van der Waals surface area (Å²) in [5.41, 5.74) is 3.02. The largest absolute Gasteiger partial charge is 0.493 e. The highest BCUT2D eigenvalue weighted by Crippen LogP contribution is 2.49. The zero-order valence-corrected chi connectivity index (χ0v) is 20.2. The normalized spacial score (nSPS) is 20.9. The Morgan fingerprint density at radius 2 is 1.50 bits per heavy atom. The van der Waals surface area contributed by atoms with E-state index in [0.717, 1.165) is 49.2 Å². The van der Waals surface area contributed by atoms with Crippen LogP contribution in [0.2, 0.25) is 0 Å². The van der Waals surface area contributed by atoms with Crippen molar-refractivity contribution in [3.8, 4) is 28.4 Å². The monoisotopic (exact) mass is 464 g/mol. The van der Waals surface area contributed by atoms with Crippen molar-refractivity contribution >= 4 is 5.78 Å². The predicted octanol–water partition coefficient (Wildman–Crippen LogP) is 4.73. The Hall–Kier alpha value is -2.57. The second-order valence-corrected chi connectivity index (χ2v) is 9.56. The van der Waals surface area contributed by atoms with Crippen molar-refractivity contribution in [1.29, 1.82) is 0 Å². The first-order chi connectivity index (χ1) is 16.7. The van der Waals surface area contributed by atoms with Gasteiger partial charge in [0.05, 0.1) is 19.8 Å². The smallest absolute Gasteiger partial charge is 0.194 e. The lowest BCUT2D eigenvalue weighted by atomic mass is 10.0. The number of carbonyl (C=O) groups is 1. The number of nitrogens with one attached hydrogen (secondary N) is 2. The van der Waals surface area contributed by atoms with Crippen LogP contribution in [-0.4, -0.2) is 50.8 Å². The number of benzene rings is 2. The maximum atomic E-state index is 13.4. The minimum atomic E-state index is 0.0113. The van der Waals surface area contributed by atoms with Crippen molar-refractivity contribution in [2.24, 2.45) is 0 Å². The number of rotatable bonds is 11. The van der Waals surface area contributed by atoms with Crippen LogP contribution in [0.15, 0.2) is 30.3 Å². The fourth-order valence-electron chi connectivity index (χ4n) is 5.32. The second-order valence-electron chi connectivity index (χ2n) is 9.56. The molecule has 3 aliphatic rings. The van der Waals surface area contributed by atoms with E-state index < -0.39 is 0 Å². The standard InChI is InChI=1S/C28H36N2O4/c1-2-14-33-25-18-21(32-15-10-19-6-4-12-29-19)17-23-27(25)26-22(28(23)31)8-3-9-24(26)34-16-11-20-7-5-13-30-20/h3,8-9,17-20,29-30H,2,4-7,10-16H2,1H3. The topological polar surface area (TPSA) is 68.8 Å². The van der Waals surface area contributed by atoms with Gasteiger partial charge in [0.25, 0.3) is 0 Å². The molecule has 1 aliphatic carbocycles. The first-order valence-electron chi connectivity index (χ1n) is 13.0. The van der Waals surface area contributed by atoms with Gasteiger partial charge in [-0.15, -0.1) is 0 Å². The Morgan fingerprint density at radius 1 is 0.824 bits per heavy atom. The number of carbonyl (C=O) groups excluding carboxylic acids is 1. The summed E-state index contributed by atoms with van der Waals surface area (Å²) in [7, 11) is 0. The van der Waals surface area contributed by atoms with Crippen LogP contribution in [0, 0.1) is 0 Å². The number of hydrogen-bond acceptors (Lipinski definition) is 6. The fourth-order valence-corrected chi connectivity index (χ4v) is 5.32. The van der Waals surface area contributed by atoms with E-state index >= 15 is 0 Å². The van der Waals surface area contributed by atoms with E-state index in [9.17, 15) is 4.79 Å². The first-order valence-corrected chi connectivity index (χ1v) is 13.0. The van der Waals surface area contributed by atoms with E-state index in [-0.39, 0.29) is 5.78 Å². The molecule has 0 spiro atoms. The summed E-state index contributed by atoms with van der Waals surface area (Å²) in [4.78, 5) is 13.4. The van der Waals surface area contributed by atoms with Gasteiger partial charge < -0.3 is 24.8 Å². The Balaban J connectivity index is 1.39. The second kappa shape index (κ2) is 10.8. The molecule has 34 heavy (non-hydrogen) atoms. The summed E-state index contributed by atoms with van der Waals surface area (Å²) >= 11 is 0. The van der Waals surface area contributed by atoms with Crippen LogP contribution in [-0.2, 0) is 0 Å². The molecule has 2 heterocycles. The third-order valence-electron chi connectivity index (χ3n) is 7.09. The molecule has 2 aromatic rings. The highest BCUT2D eigenvalue weighted by molar-refractivity contribution is 6.23. The molecule has 0 radical (unpaired) electrons. The summed E-state index contributed by atoms with van der Waals surface area (Å²) in [6, 6.07) is 10.6. The Labute approximate surface area is 202 Å². The van der Waals surface area contributed by atoms with Crippen LogP contribution >= 0.6 is 0 Å². The summed E-state index contributed by atoms with van der Waals surface area (Å²) in [6.45, 7) is 6.09. The van der Waals surface area contributed by atoms with Crippen LogP contribution in [0.4, 0.5) is 0 Å². The van der Waals surface area contributed by atoms with Crippen LogP contribution < -0.4 is 24.8 Å². The molecule has 0 aromatic heterocycles. The van der Waals surface area contributed by atoms with Gasteiger partial charge in [-0.1, -0.05) is 19.1 Å². The Bertz CT molecular complexity index is 1010. The molecule has 0 bridgehead atoms. The molecule has 2 unspecified atom stereocenters. The van der Waals surface area contributed by atoms with Gasteiger partial charge in [0.2, 0.25) is 0 Å². The first kappa shape index (κ1) is 23.2. The van der Waals surface area contributed by atoms with E-state index in [1.807, 2.05) is 30.3 Å². The molecule has 2 aliphatic heterocycles. The van der Waals surface area contributed by atoms with Gasteiger partial charge in [-0.2, -0.15) is 0 Å². The molecule has 2 N–H and O–H groups in total. The molecule has 2 fully saturated rings. The minimum absolute atomic E-state index is 0.0113. The maximum absolute atomic E-state index is 13.4. The van der Waals surface area contributed by atoms with Gasteiger partial charge in [0.15, 0.2) is 5.78 Å². The van der Waals surface area contributed by atoms with Crippen LogP contribution in [0.25, 0.3) is 11.1 Å². The highest BCUT2D eigenvalue weighted by atomic mass is 16.5. The fraction of sp³-hybridized carbons (Fsp3) is 0.536. The number of ketones is 1. The van der Waals surface area contributed by atoms with E-state index in [2.05, 4.69) is 17.6 Å². The quantitative estimate of drug-likeness (QED) is 0.428. The van der Waals surface area contributed by atoms with Gasteiger partial charge >= 0.3 is 0 Å². The molecule has 2 atom stereocenters. The van der Waals surface area contributed by atoms with E-state index in [1.165, 1.54) is 25.7 Å². The average molecular weight is 465 g/mol. The molecule has 0 saturated carbocycles. The van der Waals surface area contributed by atoms with Crippen molar-refractivity contribution in [2.45, 2.75) is 64.0 Å². The van der Waals surface area contributed by atoms with Crippen molar-refractivity contribution in [1.82, 2.24) is 10.6 Å². The molecular formula is C28H36N2O4. The zero-order chi connectivity index (χ0) is 23.3. The lowest BCUT2D eigenvalue weighted by molar-refractivity contribution is 0.104. The van der Waals surface area contributed by atoms with Crippen molar-refractivity contribution in [2.75, 3.05) is 32.9 Å². The van der Waals surface area contributed by atoms with Gasteiger partial charge in [0, 0.05) is 40.4 Å². The van der Waals surface area contributed by atoms with Crippen molar-refractivity contribution in [3.05, 3.63) is 41.5 Å². The highest BCUT2D eigenvalue weighted by Gasteiger charge is 2.33. The molecule has 6 heteroatoms. The molecule has 182 valence electrons.